The van der Waals surface area contributed by atoms with Gasteiger partial charge in [-0.25, -0.2) is 4.98 Å². The maximum absolute atomic E-state index is 11.7. The van der Waals surface area contributed by atoms with Crippen LogP contribution in [0, 0.1) is 0 Å². The second-order valence-corrected chi connectivity index (χ2v) is 5.10. The van der Waals surface area contributed by atoms with Crippen molar-refractivity contribution in [1.82, 2.24) is 14.7 Å². The Labute approximate surface area is 105 Å². The number of thiazole rings is 1. The van der Waals surface area contributed by atoms with Crippen molar-refractivity contribution in [2.24, 2.45) is 0 Å². The number of hydrogen-bond donors (Lipinski definition) is 1. The van der Waals surface area contributed by atoms with Crippen LogP contribution in [0.1, 0.15) is 26.0 Å². The van der Waals surface area contributed by atoms with E-state index in [2.05, 4.69) is 24.1 Å². The molecule has 0 saturated carbocycles. The van der Waals surface area contributed by atoms with Gasteiger partial charge in [0.05, 0.1) is 18.7 Å². The summed E-state index contributed by atoms with van der Waals surface area (Å²) >= 11 is 1.58. The van der Waals surface area contributed by atoms with Crippen LogP contribution in [0.2, 0.25) is 0 Å². The molecule has 2 heterocycles. The van der Waals surface area contributed by atoms with Crippen molar-refractivity contribution in [3.05, 3.63) is 23.5 Å². The van der Waals surface area contributed by atoms with Gasteiger partial charge in [0.2, 0.25) is 0 Å². The summed E-state index contributed by atoms with van der Waals surface area (Å²) in [6.45, 7) is 4.62. The smallest absolute Gasteiger partial charge is 0.193 e. The van der Waals surface area contributed by atoms with E-state index < -0.39 is 0 Å². The molecule has 4 nitrogen and oxygen atoms in total. The van der Waals surface area contributed by atoms with Crippen molar-refractivity contribution in [3.8, 4) is 0 Å². The number of rotatable bonds is 6. The minimum absolute atomic E-state index is 0.191. The van der Waals surface area contributed by atoms with Crippen molar-refractivity contribution in [1.29, 1.82) is 0 Å². The highest BCUT2D eigenvalue weighted by Gasteiger charge is 2.09. The van der Waals surface area contributed by atoms with Crippen LogP contribution >= 0.6 is 11.3 Å². The van der Waals surface area contributed by atoms with Crippen LogP contribution < -0.4 is 5.32 Å². The van der Waals surface area contributed by atoms with E-state index in [9.17, 15) is 4.79 Å². The fraction of sp³-hybridized carbons (Fsp3) is 0.500. The molecule has 0 spiro atoms. The number of aromatic nitrogens is 2. The second-order valence-electron chi connectivity index (χ2n) is 4.23. The number of ketones is 1. The van der Waals surface area contributed by atoms with Crippen molar-refractivity contribution < 1.29 is 4.79 Å². The summed E-state index contributed by atoms with van der Waals surface area (Å²) in [7, 11) is 0. The van der Waals surface area contributed by atoms with Crippen LogP contribution in [0.5, 0.6) is 0 Å². The number of fused-ring (bicyclic) bond motifs is 1. The first-order valence-electron chi connectivity index (χ1n) is 5.85. The molecule has 2 rings (SSSR count). The first-order chi connectivity index (χ1) is 8.19. The SMILES string of the molecule is CCC(C)NCC(=O)Cc1cn2ccsc2n1. The Morgan fingerprint density at radius 1 is 1.65 bits per heavy atom. The Bertz CT molecular complexity index is 474. The number of nitrogens with one attached hydrogen (secondary N) is 1. The highest BCUT2D eigenvalue weighted by molar-refractivity contribution is 7.15. The molecule has 1 atom stereocenters. The second kappa shape index (κ2) is 5.42. The number of Topliss-reactive ketones (excluding diaryl/α,β-unsaturated/α-hetero) is 1. The van der Waals surface area contributed by atoms with Gasteiger partial charge in [-0.3, -0.25) is 9.20 Å². The zero-order valence-corrected chi connectivity index (χ0v) is 11.0. The topological polar surface area (TPSA) is 46.4 Å². The third-order valence-electron chi connectivity index (χ3n) is 2.78. The fourth-order valence-corrected chi connectivity index (χ4v) is 2.28. The number of nitrogens with zero attached hydrogens (tertiary/aromatic N) is 2. The number of hydrogen-bond acceptors (Lipinski definition) is 4. The summed E-state index contributed by atoms with van der Waals surface area (Å²) in [6.07, 6.45) is 5.33. The first-order valence-corrected chi connectivity index (χ1v) is 6.73. The van der Waals surface area contributed by atoms with Crippen LogP contribution in [0.15, 0.2) is 17.8 Å². The van der Waals surface area contributed by atoms with Crippen LogP contribution in [0.25, 0.3) is 4.96 Å². The average Bonchev–Trinajstić information content (AvgIpc) is 2.86. The van der Waals surface area contributed by atoms with Gasteiger partial charge in [0.1, 0.15) is 0 Å². The molecule has 1 unspecified atom stereocenters. The van der Waals surface area contributed by atoms with E-state index in [4.69, 9.17) is 0 Å². The van der Waals surface area contributed by atoms with Gasteiger partial charge in [0.25, 0.3) is 0 Å². The van der Waals surface area contributed by atoms with Crippen LogP contribution in [-0.4, -0.2) is 27.8 Å². The van der Waals surface area contributed by atoms with Crippen LogP contribution in [-0.2, 0) is 11.2 Å². The van der Waals surface area contributed by atoms with E-state index in [1.807, 2.05) is 22.2 Å². The summed E-state index contributed by atoms with van der Waals surface area (Å²) in [5, 5.41) is 5.18. The van der Waals surface area contributed by atoms with Gasteiger partial charge in [-0.2, -0.15) is 0 Å². The van der Waals surface area contributed by atoms with Gasteiger partial charge in [-0.05, 0) is 13.3 Å². The highest BCUT2D eigenvalue weighted by Crippen LogP contribution is 2.11. The summed E-state index contributed by atoms with van der Waals surface area (Å²) in [4.78, 5) is 17.1. The van der Waals surface area contributed by atoms with Crippen molar-refractivity contribution in [3.63, 3.8) is 0 Å². The van der Waals surface area contributed by atoms with Gasteiger partial charge < -0.3 is 5.32 Å². The van der Waals surface area contributed by atoms with Gasteiger partial charge >= 0.3 is 0 Å². The zero-order chi connectivity index (χ0) is 12.3. The minimum Gasteiger partial charge on any atom is -0.307 e. The molecule has 1 N–H and O–H groups in total. The molecular formula is C12H17N3OS. The average molecular weight is 251 g/mol. The molecule has 0 aliphatic rings. The quantitative estimate of drug-likeness (QED) is 0.853. The van der Waals surface area contributed by atoms with Gasteiger partial charge in [-0.1, -0.05) is 6.92 Å². The van der Waals surface area contributed by atoms with Crippen molar-refractivity contribution in [2.45, 2.75) is 32.7 Å². The van der Waals surface area contributed by atoms with Gasteiger partial charge in [0, 0.05) is 23.8 Å². The summed E-state index contributed by atoms with van der Waals surface area (Å²) in [5.41, 5.74) is 0.854. The Balaban J connectivity index is 1.88. The van der Waals surface area contributed by atoms with E-state index in [1.165, 1.54) is 0 Å². The molecule has 0 aliphatic carbocycles. The predicted octanol–water partition coefficient (Wildman–Crippen LogP) is 1.90. The largest absolute Gasteiger partial charge is 0.307 e. The van der Waals surface area contributed by atoms with Gasteiger partial charge in [-0.15, -0.1) is 11.3 Å². The third-order valence-corrected chi connectivity index (χ3v) is 3.55. The van der Waals surface area contributed by atoms with E-state index in [0.29, 0.717) is 19.0 Å². The van der Waals surface area contributed by atoms with Crippen molar-refractivity contribution >= 4 is 22.1 Å². The Kier molecular flexibility index (Phi) is 3.91. The first kappa shape index (κ1) is 12.3. The molecule has 2 aromatic heterocycles. The summed E-state index contributed by atoms with van der Waals surface area (Å²) in [5.74, 6) is 0.191. The maximum atomic E-state index is 11.7. The number of imidazole rings is 1. The number of carbonyl (C=O) groups is 1. The summed E-state index contributed by atoms with van der Waals surface area (Å²) < 4.78 is 1.95. The summed E-state index contributed by atoms with van der Waals surface area (Å²) in [6, 6.07) is 0.393. The Morgan fingerprint density at radius 2 is 2.47 bits per heavy atom. The third kappa shape index (κ3) is 3.14. The lowest BCUT2D eigenvalue weighted by atomic mass is 10.2. The molecule has 0 fully saturated rings. The van der Waals surface area contributed by atoms with Crippen LogP contribution in [0.4, 0.5) is 0 Å². The van der Waals surface area contributed by atoms with E-state index >= 15 is 0 Å². The van der Waals surface area contributed by atoms with E-state index in [0.717, 1.165) is 17.1 Å². The lowest BCUT2D eigenvalue weighted by Gasteiger charge is -2.09. The van der Waals surface area contributed by atoms with Crippen LogP contribution in [0.3, 0.4) is 0 Å². The minimum atomic E-state index is 0.191. The maximum Gasteiger partial charge on any atom is 0.193 e. The Morgan fingerprint density at radius 3 is 3.18 bits per heavy atom. The zero-order valence-electron chi connectivity index (χ0n) is 10.1. The molecule has 5 heteroatoms. The molecule has 0 radical (unpaired) electrons. The fourth-order valence-electron chi connectivity index (χ4n) is 1.56. The lowest BCUT2D eigenvalue weighted by molar-refractivity contribution is -0.117. The monoisotopic (exact) mass is 251 g/mol. The molecule has 0 aliphatic heterocycles. The normalized spacial score (nSPS) is 13.1. The molecule has 0 amide bonds. The lowest BCUT2D eigenvalue weighted by Crippen LogP contribution is -2.31. The molecule has 0 aromatic carbocycles. The van der Waals surface area contributed by atoms with E-state index in [1.54, 1.807) is 11.3 Å². The van der Waals surface area contributed by atoms with E-state index in [-0.39, 0.29) is 5.78 Å². The standard InChI is InChI=1S/C12H17N3OS/c1-3-9(2)13-7-11(16)6-10-8-15-4-5-17-12(15)14-10/h4-5,8-9,13H,3,6-7H2,1-2H3. The van der Waals surface area contributed by atoms with Gasteiger partial charge in [0.15, 0.2) is 10.7 Å². The van der Waals surface area contributed by atoms with Crippen molar-refractivity contribution in [2.75, 3.05) is 6.54 Å². The molecule has 0 bridgehead atoms. The molecule has 2 aromatic rings. The molecule has 0 saturated heterocycles. The predicted molar refractivity (Wildman–Crippen MR) is 69.5 cm³/mol. The molecule has 92 valence electrons. The number of carbonyl (C=O) groups excluding carboxylic acids is 1. The molecule has 17 heavy (non-hydrogen) atoms. The molecular weight excluding hydrogens is 234 g/mol. The Hall–Kier alpha value is -1.20. The highest BCUT2D eigenvalue weighted by atomic mass is 32.1.